The van der Waals surface area contributed by atoms with Crippen molar-refractivity contribution in [3.63, 3.8) is 0 Å². The fraction of sp³-hybridized carbons (Fsp3) is 0.500. The molecule has 1 aliphatic carbocycles. The van der Waals surface area contributed by atoms with E-state index >= 15 is 0 Å². The maximum absolute atomic E-state index is 14.1. The minimum Gasteiger partial charge on any atom is -0.493 e. The molecule has 0 N–H and O–H groups in total. The summed E-state index contributed by atoms with van der Waals surface area (Å²) in [5, 5.41) is 4.73. The van der Waals surface area contributed by atoms with Crippen LogP contribution in [0.5, 0.6) is 11.5 Å². The molecule has 2 amide bonds. The SMILES string of the molecule is COc1c2n(c3c4nn(c(=O)c13)Cc1ccc(F)cc1OCCCCCN(C)C4=O)C(C)CN(C1CC1)C2=O. The van der Waals surface area contributed by atoms with Crippen LogP contribution in [-0.2, 0) is 6.54 Å². The number of aromatic nitrogens is 3. The van der Waals surface area contributed by atoms with Gasteiger partial charge in [0.2, 0.25) is 0 Å². The number of hydrogen-bond donors (Lipinski definition) is 0. The van der Waals surface area contributed by atoms with E-state index in [9.17, 15) is 18.8 Å². The highest BCUT2D eigenvalue weighted by molar-refractivity contribution is 6.11. The second-order valence-corrected chi connectivity index (χ2v) is 10.7. The summed E-state index contributed by atoms with van der Waals surface area (Å²) >= 11 is 0. The first-order valence-electron chi connectivity index (χ1n) is 13.5. The molecule has 0 spiro atoms. The van der Waals surface area contributed by atoms with Crippen molar-refractivity contribution in [3.05, 3.63) is 51.3 Å². The molecular weight excluding hydrogens is 505 g/mol. The van der Waals surface area contributed by atoms with Crippen LogP contribution in [0, 0.1) is 5.82 Å². The Bertz CT molecular complexity index is 1540. The van der Waals surface area contributed by atoms with E-state index in [0.29, 0.717) is 36.5 Å². The molecule has 3 aliphatic rings. The average molecular weight is 538 g/mol. The Morgan fingerprint density at radius 1 is 1.10 bits per heavy atom. The van der Waals surface area contributed by atoms with Crippen LogP contribution in [0.1, 0.15) is 71.6 Å². The fourth-order valence-electron chi connectivity index (χ4n) is 5.77. The number of rotatable bonds is 2. The molecule has 0 radical (unpaired) electrons. The second-order valence-electron chi connectivity index (χ2n) is 10.7. The zero-order valence-electron chi connectivity index (χ0n) is 22.4. The van der Waals surface area contributed by atoms with Crippen molar-refractivity contribution in [1.82, 2.24) is 24.1 Å². The molecule has 0 saturated heterocycles. The first-order chi connectivity index (χ1) is 18.8. The standard InChI is InChI=1S/C28H32FN5O5/c1-16-14-32(19-9-10-19)28(37)24-25(38-3)21-23(34(16)24)22-27(36)31(2)11-5-4-6-12-39-20-13-18(29)8-7-17(20)15-33(30-22)26(21)35/h7-8,13,16,19H,4-6,9-12,14-15H2,1-3H3. The molecule has 3 aromatic rings. The number of hydrogen-bond acceptors (Lipinski definition) is 6. The number of halogens is 1. The molecule has 1 unspecified atom stereocenters. The van der Waals surface area contributed by atoms with E-state index in [1.807, 2.05) is 11.8 Å². The Balaban J connectivity index is 1.62. The predicted molar refractivity (Wildman–Crippen MR) is 141 cm³/mol. The lowest BCUT2D eigenvalue weighted by Crippen LogP contribution is -2.43. The lowest BCUT2D eigenvalue weighted by Gasteiger charge is -2.33. The molecule has 39 heavy (non-hydrogen) atoms. The molecule has 11 heteroatoms. The summed E-state index contributed by atoms with van der Waals surface area (Å²) in [7, 11) is 3.14. The molecule has 1 fully saturated rings. The number of methoxy groups -OCH3 is 1. The number of benzene rings is 1. The van der Waals surface area contributed by atoms with Gasteiger partial charge in [-0.1, -0.05) is 6.07 Å². The zero-order valence-corrected chi connectivity index (χ0v) is 22.4. The third-order valence-corrected chi connectivity index (χ3v) is 7.90. The lowest BCUT2D eigenvalue weighted by atomic mass is 10.1. The smallest absolute Gasteiger partial charge is 0.280 e. The number of ether oxygens (including phenoxy) is 2. The Morgan fingerprint density at radius 3 is 2.64 bits per heavy atom. The topological polar surface area (TPSA) is 98.9 Å². The third-order valence-electron chi connectivity index (χ3n) is 7.90. The Morgan fingerprint density at radius 2 is 1.90 bits per heavy atom. The quantitative estimate of drug-likeness (QED) is 0.498. The van der Waals surface area contributed by atoms with E-state index in [1.165, 1.54) is 23.9 Å². The molecular formula is C28H32FN5O5. The Labute approximate surface area is 224 Å². The van der Waals surface area contributed by atoms with Crippen molar-refractivity contribution in [2.75, 3.05) is 33.9 Å². The summed E-state index contributed by atoms with van der Waals surface area (Å²) in [6, 6.07) is 4.16. The maximum Gasteiger partial charge on any atom is 0.280 e. The van der Waals surface area contributed by atoms with Gasteiger partial charge in [0.25, 0.3) is 17.4 Å². The predicted octanol–water partition coefficient (Wildman–Crippen LogP) is 3.21. The maximum atomic E-state index is 14.1. The minimum atomic E-state index is -0.497. The van der Waals surface area contributed by atoms with Crippen LogP contribution in [0.2, 0.25) is 0 Å². The van der Waals surface area contributed by atoms with Crippen LogP contribution in [0.4, 0.5) is 4.39 Å². The summed E-state index contributed by atoms with van der Waals surface area (Å²) in [4.78, 5) is 45.1. The monoisotopic (exact) mass is 537 g/mol. The zero-order chi connectivity index (χ0) is 27.4. The lowest BCUT2D eigenvalue weighted by molar-refractivity contribution is 0.0658. The largest absolute Gasteiger partial charge is 0.493 e. The van der Waals surface area contributed by atoms with Crippen molar-refractivity contribution in [2.45, 2.75) is 57.7 Å². The van der Waals surface area contributed by atoms with Gasteiger partial charge in [0, 0.05) is 43.9 Å². The molecule has 10 nitrogen and oxygen atoms in total. The molecule has 4 heterocycles. The molecule has 1 atom stereocenters. The normalized spacial score (nSPS) is 20.4. The van der Waals surface area contributed by atoms with Gasteiger partial charge in [0.1, 0.15) is 17.0 Å². The van der Waals surface area contributed by atoms with Gasteiger partial charge in [0.15, 0.2) is 17.1 Å². The summed E-state index contributed by atoms with van der Waals surface area (Å²) in [6.45, 7) is 3.28. The molecule has 6 rings (SSSR count). The van der Waals surface area contributed by atoms with Crippen molar-refractivity contribution < 1.29 is 23.5 Å². The van der Waals surface area contributed by atoms with Crippen molar-refractivity contribution in [1.29, 1.82) is 0 Å². The van der Waals surface area contributed by atoms with Gasteiger partial charge in [-0.25, -0.2) is 9.07 Å². The second kappa shape index (κ2) is 9.69. The fourth-order valence-corrected chi connectivity index (χ4v) is 5.77. The van der Waals surface area contributed by atoms with Crippen LogP contribution >= 0.6 is 0 Å². The van der Waals surface area contributed by atoms with Crippen molar-refractivity contribution in [3.8, 4) is 11.5 Å². The van der Waals surface area contributed by atoms with Gasteiger partial charge in [0.05, 0.1) is 25.8 Å². The highest BCUT2D eigenvalue weighted by Gasteiger charge is 2.43. The van der Waals surface area contributed by atoms with Gasteiger partial charge < -0.3 is 23.8 Å². The van der Waals surface area contributed by atoms with E-state index in [1.54, 1.807) is 22.6 Å². The Hall–Kier alpha value is -3.89. The van der Waals surface area contributed by atoms with Crippen molar-refractivity contribution >= 4 is 22.7 Å². The van der Waals surface area contributed by atoms with E-state index in [0.717, 1.165) is 32.1 Å². The molecule has 2 bridgehead atoms. The van der Waals surface area contributed by atoms with E-state index in [2.05, 4.69) is 5.10 Å². The number of nitrogens with zero attached hydrogens (tertiary/aromatic N) is 5. The van der Waals surface area contributed by atoms with Gasteiger partial charge in [-0.05, 0) is 45.1 Å². The minimum absolute atomic E-state index is 0.0459. The van der Waals surface area contributed by atoms with Gasteiger partial charge >= 0.3 is 0 Å². The summed E-state index contributed by atoms with van der Waals surface area (Å²) in [5.74, 6) is -0.507. The molecule has 1 saturated carbocycles. The Kier molecular flexibility index (Phi) is 6.31. The van der Waals surface area contributed by atoms with E-state index < -0.39 is 11.4 Å². The van der Waals surface area contributed by atoms with Crippen LogP contribution in [0.3, 0.4) is 0 Å². The van der Waals surface area contributed by atoms with Crippen LogP contribution in [0.15, 0.2) is 23.0 Å². The summed E-state index contributed by atoms with van der Waals surface area (Å²) < 4.78 is 28.7. The highest BCUT2D eigenvalue weighted by atomic mass is 19.1. The molecule has 2 aromatic heterocycles. The highest BCUT2D eigenvalue weighted by Crippen LogP contribution is 2.41. The third kappa shape index (κ3) is 4.24. The number of fused-ring (bicyclic) bond motifs is 7. The molecule has 1 aromatic carbocycles. The number of amides is 2. The van der Waals surface area contributed by atoms with Crippen LogP contribution in [0.25, 0.3) is 10.9 Å². The number of carbonyl (C=O) groups is 2. The van der Waals surface area contributed by atoms with Gasteiger partial charge in [-0.3, -0.25) is 14.4 Å². The summed E-state index contributed by atoms with van der Waals surface area (Å²) in [6.07, 6.45) is 4.21. The van der Waals surface area contributed by atoms with Gasteiger partial charge in [-0.15, -0.1) is 0 Å². The molecule has 206 valence electrons. The van der Waals surface area contributed by atoms with E-state index in [4.69, 9.17) is 9.47 Å². The van der Waals surface area contributed by atoms with Crippen LogP contribution in [-0.4, -0.2) is 75.9 Å². The van der Waals surface area contributed by atoms with Crippen molar-refractivity contribution in [2.24, 2.45) is 0 Å². The number of carbonyl (C=O) groups excluding carboxylic acids is 2. The van der Waals surface area contributed by atoms with E-state index in [-0.39, 0.29) is 53.0 Å². The van der Waals surface area contributed by atoms with Gasteiger partial charge in [-0.2, -0.15) is 5.10 Å². The summed E-state index contributed by atoms with van der Waals surface area (Å²) in [5.41, 5.74) is 0.733. The first-order valence-corrected chi connectivity index (χ1v) is 13.5. The average Bonchev–Trinajstić information content (AvgIpc) is 3.70. The first kappa shape index (κ1) is 25.4. The molecule has 2 aliphatic heterocycles. The van der Waals surface area contributed by atoms with Crippen LogP contribution < -0.4 is 15.0 Å².